The highest BCUT2D eigenvalue weighted by Gasteiger charge is 2.02. The first kappa shape index (κ1) is 16.1. The molecule has 0 fully saturated rings. The Morgan fingerprint density at radius 2 is 2.14 bits per heavy atom. The quantitative estimate of drug-likeness (QED) is 0.783. The summed E-state index contributed by atoms with van der Waals surface area (Å²) < 4.78 is 5.23. The molecule has 1 aromatic heterocycles. The molecule has 0 saturated carbocycles. The number of ether oxygens (including phenoxy) is 1. The average molecular weight is 300 g/mol. The van der Waals surface area contributed by atoms with E-state index in [1.807, 2.05) is 24.3 Å². The van der Waals surface area contributed by atoms with Gasteiger partial charge in [0, 0.05) is 18.8 Å². The van der Waals surface area contributed by atoms with E-state index >= 15 is 0 Å². The average Bonchev–Trinajstić information content (AvgIpc) is 2.55. The Balaban J connectivity index is 1.87. The number of rotatable bonds is 8. The predicted octanol–water partition coefficient (Wildman–Crippen LogP) is 3.35. The largest absolute Gasteiger partial charge is 0.497 e. The Hall–Kier alpha value is -2.30. The third-order valence-electron chi connectivity index (χ3n) is 3.49. The lowest BCUT2D eigenvalue weighted by atomic mass is 10.1. The number of nitrogens with one attached hydrogen (secondary N) is 2. The smallest absolute Gasteiger partial charge is 0.224 e. The highest BCUT2D eigenvalue weighted by atomic mass is 16.5. The fraction of sp³-hybridized carbons (Fsp3) is 0.412. The molecule has 1 aromatic carbocycles. The second kappa shape index (κ2) is 8.22. The second-order valence-corrected chi connectivity index (χ2v) is 5.25. The minimum absolute atomic E-state index is 0.402. The number of benzene rings is 1. The van der Waals surface area contributed by atoms with Crippen LogP contribution in [0.15, 0.2) is 36.5 Å². The van der Waals surface area contributed by atoms with E-state index in [-0.39, 0.29) is 0 Å². The van der Waals surface area contributed by atoms with Gasteiger partial charge in [-0.1, -0.05) is 19.1 Å². The van der Waals surface area contributed by atoms with E-state index in [0.29, 0.717) is 12.0 Å². The van der Waals surface area contributed by atoms with E-state index in [4.69, 9.17) is 4.74 Å². The molecule has 0 aliphatic rings. The second-order valence-electron chi connectivity index (χ2n) is 5.25. The van der Waals surface area contributed by atoms with Gasteiger partial charge in [-0.25, -0.2) is 4.98 Å². The van der Waals surface area contributed by atoms with E-state index in [1.54, 1.807) is 13.3 Å². The summed E-state index contributed by atoms with van der Waals surface area (Å²) in [6.45, 7) is 5.06. The van der Waals surface area contributed by atoms with Gasteiger partial charge in [0.05, 0.1) is 7.11 Å². The van der Waals surface area contributed by atoms with Crippen molar-refractivity contribution in [3.05, 3.63) is 42.1 Å². The highest BCUT2D eigenvalue weighted by Crippen LogP contribution is 2.13. The van der Waals surface area contributed by atoms with Crippen LogP contribution in [-0.4, -0.2) is 29.7 Å². The van der Waals surface area contributed by atoms with Crippen LogP contribution in [0.3, 0.4) is 0 Å². The summed E-state index contributed by atoms with van der Waals surface area (Å²) in [5.74, 6) is 2.39. The molecule has 0 amide bonds. The van der Waals surface area contributed by atoms with Gasteiger partial charge in [0.1, 0.15) is 11.6 Å². The summed E-state index contributed by atoms with van der Waals surface area (Å²) >= 11 is 0. The molecule has 5 heteroatoms. The van der Waals surface area contributed by atoms with Crippen LogP contribution in [0.1, 0.15) is 25.8 Å². The Morgan fingerprint density at radius 1 is 1.27 bits per heavy atom. The minimum atomic E-state index is 0.402. The number of nitrogens with zero attached hydrogens (tertiary/aromatic N) is 2. The number of hydrogen-bond acceptors (Lipinski definition) is 5. The first-order valence-corrected chi connectivity index (χ1v) is 7.67. The van der Waals surface area contributed by atoms with E-state index in [9.17, 15) is 0 Å². The summed E-state index contributed by atoms with van der Waals surface area (Å²) in [6, 6.07) is 10.4. The van der Waals surface area contributed by atoms with Gasteiger partial charge < -0.3 is 15.4 Å². The maximum absolute atomic E-state index is 5.23. The van der Waals surface area contributed by atoms with Gasteiger partial charge in [-0.2, -0.15) is 4.98 Å². The maximum atomic E-state index is 5.23. The molecule has 0 spiro atoms. The van der Waals surface area contributed by atoms with Crippen molar-refractivity contribution in [3.8, 4) is 5.75 Å². The monoisotopic (exact) mass is 300 g/mol. The lowest BCUT2D eigenvalue weighted by Gasteiger charge is -2.13. The molecule has 0 saturated heterocycles. The number of methoxy groups -OCH3 is 1. The van der Waals surface area contributed by atoms with Gasteiger partial charge in [-0.05, 0) is 43.5 Å². The van der Waals surface area contributed by atoms with Gasteiger partial charge in [0.25, 0.3) is 0 Å². The van der Waals surface area contributed by atoms with Crippen LogP contribution < -0.4 is 15.4 Å². The molecule has 5 nitrogen and oxygen atoms in total. The van der Waals surface area contributed by atoms with Crippen molar-refractivity contribution in [3.63, 3.8) is 0 Å². The zero-order valence-corrected chi connectivity index (χ0v) is 13.5. The molecule has 1 heterocycles. The zero-order valence-electron chi connectivity index (χ0n) is 13.5. The standard InChI is InChI=1S/C17H24N4O/c1-4-13(2)20-16-9-11-19-17(21-16)18-10-8-14-6-5-7-15(12-14)22-3/h5-7,9,11-13H,4,8,10H2,1-3H3,(H2,18,19,20,21). The van der Waals surface area contributed by atoms with Crippen LogP contribution in [0.25, 0.3) is 0 Å². The highest BCUT2D eigenvalue weighted by molar-refractivity contribution is 5.40. The molecule has 1 atom stereocenters. The third kappa shape index (κ3) is 4.91. The number of anilines is 2. The lowest BCUT2D eigenvalue weighted by molar-refractivity contribution is 0.414. The molecule has 0 bridgehead atoms. The van der Waals surface area contributed by atoms with E-state index in [2.05, 4.69) is 40.5 Å². The Kier molecular flexibility index (Phi) is 6.01. The summed E-state index contributed by atoms with van der Waals surface area (Å²) in [5.41, 5.74) is 1.22. The molecule has 118 valence electrons. The third-order valence-corrected chi connectivity index (χ3v) is 3.49. The fourth-order valence-electron chi connectivity index (χ4n) is 2.03. The van der Waals surface area contributed by atoms with Crippen molar-refractivity contribution in [2.75, 3.05) is 24.3 Å². The van der Waals surface area contributed by atoms with Gasteiger partial charge in [0.15, 0.2) is 0 Å². The SMILES string of the molecule is CCC(C)Nc1ccnc(NCCc2cccc(OC)c2)n1. The van der Waals surface area contributed by atoms with Crippen LogP contribution in [0.5, 0.6) is 5.75 Å². The van der Waals surface area contributed by atoms with Crippen molar-refractivity contribution in [1.29, 1.82) is 0 Å². The van der Waals surface area contributed by atoms with Crippen LogP contribution in [0, 0.1) is 0 Å². The summed E-state index contributed by atoms with van der Waals surface area (Å²) in [7, 11) is 1.68. The van der Waals surface area contributed by atoms with E-state index < -0.39 is 0 Å². The van der Waals surface area contributed by atoms with Crippen molar-refractivity contribution >= 4 is 11.8 Å². The molecule has 0 radical (unpaired) electrons. The molecule has 0 aliphatic carbocycles. The van der Waals surface area contributed by atoms with Crippen LogP contribution >= 0.6 is 0 Å². The lowest BCUT2D eigenvalue weighted by Crippen LogP contribution is -2.15. The van der Waals surface area contributed by atoms with Crippen molar-refractivity contribution in [1.82, 2.24) is 9.97 Å². The van der Waals surface area contributed by atoms with Crippen LogP contribution in [0.2, 0.25) is 0 Å². The molecule has 2 rings (SSSR count). The van der Waals surface area contributed by atoms with Crippen molar-refractivity contribution in [2.24, 2.45) is 0 Å². The molecular formula is C17H24N4O. The van der Waals surface area contributed by atoms with Gasteiger partial charge in [-0.15, -0.1) is 0 Å². The molecule has 2 N–H and O–H groups in total. The Labute approximate surface area is 132 Å². The summed E-state index contributed by atoms with van der Waals surface area (Å²) in [4.78, 5) is 8.72. The van der Waals surface area contributed by atoms with Gasteiger partial charge in [-0.3, -0.25) is 0 Å². The molecule has 2 aromatic rings. The molecular weight excluding hydrogens is 276 g/mol. The van der Waals surface area contributed by atoms with Crippen LogP contribution in [0.4, 0.5) is 11.8 Å². The van der Waals surface area contributed by atoms with Crippen molar-refractivity contribution < 1.29 is 4.74 Å². The molecule has 22 heavy (non-hydrogen) atoms. The van der Waals surface area contributed by atoms with Crippen LogP contribution in [-0.2, 0) is 6.42 Å². The topological polar surface area (TPSA) is 59.1 Å². The molecule has 1 unspecified atom stereocenters. The van der Waals surface area contributed by atoms with E-state index in [0.717, 1.165) is 31.0 Å². The minimum Gasteiger partial charge on any atom is -0.497 e. The van der Waals surface area contributed by atoms with Gasteiger partial charge >= 0.3 is 0 Å². The Bertz CT molecular complexity index is 588. The fourth-order valence-corrected chi connectivity index (χ4v) is 2.03. The predicted molar refractivity (Wildman–Crippen MR) is 90.6 cm³/mol. The molecule has 0 aliphatic heterocycles. The Morgan fingerprint density at radius 3 is 2.91 bits per heavy atom. The van der Waals surface area contributed by atoms with Crippen molar-refractivity contribution in [2.45, 2.75) is 32.7 Å². The normalized spacial score (nSPS) is 11.8. The van der Waals surface area contributed by atoms with Gasteiger partial charge in [0.2, 0.25) is 5.95 Å². The van der Waals surface area contributed by atoms with E-state index in [1.165, 1.54) is 5.56 Å². The summed E-state index contributed by atoms with van der Waals surface area (Å²) in [5, 5.41) is 6.61. The maximum Gasteiger partial charge on any atom is 0.224 e. The first-order chi connectivity index (χ1) is 10.7. The summed E-state index contributed by atoms with van der Waals surface area (Å²) in [6.07, 6.45) is 3.72. The number of hydrogen-bond donors (Lipinski definition) is 2. The first-order valence-electron chi connectivity index (χ1n) is 7.67. The number of aromatic nitrogens is 2. The zero-order chi connectivity index (χ0) is 15.8.